The Hall–Kier alpha value is -2.06. The van der Waals surface area contributed by atoms with Crippen molar-refractivity contribution in [3.05, 3.63) is 34.7 Å². The number of nitrogens with zero attached hydrogens (tertiary/aromatic N) is 2. The van der Waals surface area contributed by atoms with E-state index in [0.29, 0.717) is 13.1 Å². The Morgan fingerprint density at radius 3 is 2.88 bits per heavy atom. The summed E-state index contributed by atoms with van der Waals surface area (Å²) >= 11 is 0. The molecule has 0 aromatic carbocycles. The molecular formula is C12H14N2O3. The van der Waals surface area contributed by atoms with E-state index < -0.39 is 5.97 Å². The number of aromatic nitrogens is 1. The minimum absolute atomic E-state index is 0.108. The third-order valence-corrected chi connectivity index (χ3v) is 2.23. The van der Waals surface area contributed by atoms with Gasteiger partial charge in [-0.05, 0) is 6.07 Å². The van der Waals surface area contributed by atoms with Crippen LogP contribution in [0.4, 0.5) is 0 Å². The third kappa shape index (κ3) is 4.53. The van der Waals surface area contributed by atoms with E-state index in [4.69, 9.17) is 11.5 Å². The van der Waals surface area contributed by atoms with Crippen LogP contribution in [0.3, 0.4) is 0 Å². The Morgan fingerprint density at radius 2 is 2.29 bits per heavy atom. The highest BCUT2D eigenvalue weighted by Gasteiger charge is 2.08. The number of carboxylic acids is 1. The zero-order chi connectivity index (χ0) is 12.7. The molecule has 0 saturated heterocycles. The molecule has 5 heteroatoms. The molecule has 0 aliphatic carbocycles. The first-order valence-electron chi connectivity index (χ1n) is 5.16. The summed E-state index contributed by atoms with van der Waals surface area (Å²) in [4.78, 5) is 23.6. The molecular weight excluding hydrogens is 220 g/mol. The number of terminal acetylenes is 1. The lowest BCUT2D eigenvalue weighted by Crippen LogP contribution is -2.34. The van der Waals surface area contributed by atoms with Crippen LogP contribution < -0.4 is 5.56 Å². The van der Waals surface area contributed by atoms with Crippen LogP contribution in [0.15, 0.2) is 29.2 Å². The van der Waals surface area contributed by atoms with Crippen molar-refractivity contribution < 1.29 is 9.90 Å². The largest absolute Gasteiger partial charge is 0.480 e. The summed E-state index contributed by atoms with van der Waals surface area (Å²) in [6.45, 7) is 0.995. The standard InChI is InChI=1S/C12H14N2O3/c1-2-6-13(10-12(16)17)8-9-14-7-4-3-5-11(14)15/h1,3-5,7H,6,8-10H2,(H,16,17). The fraction of sp³-hybridized carbons (Fsp3) is 0.333. The fourth-order valence-electron chi connectivity index (χ4n) is 1.43. The Labute approximate surface area is 99.3 Å². The molecule has 1 N–H and O–H groups in total. The molecule has 0 spiro atoms. The molecule has 0 saturated carbocycles. The van der Waals surface area contributed by atoms with E-state index >= 15 is 0 Å². The average Bonchev–Trinajstić information content (AvgIpc) is 2.27. The van der Waals surface area contributed by atoms with Crippen LogP contribution in [0.5, 0.6) is 0 Å². The van der Waals surface area contributed by atoms with Gasteiger partial charge in [-0.2, -0.15) is 0 Å². The van der Waals surface area contributed by atoms with E-state index in [1.165, 1.54) is 10.6 Å². The SMILES string of the molecule is C#CCN(CCn1ccccc1=O)CC(=O)O. The maximum Gasteiger partial charge on any atom is 0.317 e. The number of rotatable bonds is 6. The van der Waals surface area contributed by atoms with Gasteiger partial charge in [-0.25, -0.2) is 0 Å². The topological polar surface area (TPSA) is 62.5 Å². The zero-order valence-electron chi connectivity index (χ0n) is 9.37. The lowest BCUT2D eigenvalue weighted by Gasteiger charge is -2.17. The van der Waals surface area contributed by atoms with Crippen molar-refractivity contribution in [3.63, 3.8) is 0 Å². The predicted molar refractivity (Wildman–Crippen MR) is 63.6 cm³/mol. The van der Waals surface area contributed by atoms with Crippen molar-refractivity contribution in [2.45, 2.75) is 6.54 Å². The number of carboxylic acid groups (broad SMARTS) is 1. The summed E-state index contributed by atoms with van der Waals surface area (Å²) in [5.41, 5.74) is -0.108. The molecule has 0 radical (unpaired) electrons. The fourth-order valence-corrected chi connectivity index (χ4v) is 1.43. The molecule has 5 nitrogen and oxygen atoms in total. The third-order valence-electron chi connectivity index (χ3n) is 2.23. The lowest BCUT2D eigenvalue weighted by molar-refractivity contribution is -0.138. The van der Waals surface area contributed by atoms with E-state index in [9.17, 15) is 9.59 Å². The maximum atomic E-state index is 11.4. The van der Waals surface area contributed by atoms with Gasteiger partial charge < -0.3 is 9.67 Å². The highest BCUT2D eigenvalue weighted by Crippen LogP contribution is 1.90. The summed E-state index contributed by atoms with van der Waals surface area (Å²) in [7, 11) is 0. The molecule has 1 rings (SSSR count). The molecule has 0 aliphatic rings. The summed E-state index contributed by atoms with van der Waals surface area (Å²) in [5, 5.41) is 8.68. The van der Waals surface area contributed by atoms with Gasteiger partial charge in [-0.15, -0.1) is 6.42 Å². The van der Waals surface area contributed by atoms with Crippen molar-refractivity contribution in [1.29, 1.82) is 0 Å². The quantitative estimate of drug-likeness (QED) is 0.696. The first kappa shape index (κ1) is 13.0. The van der Waals surface area contributed by atoms with Crippen molar-refractivity contribution >= 4 is 5.97 Å². The molecule has 90 valence electrons. The van der Waals surface area contributed by atoms with Crippen LogP contribution in [-0.4, -0.2) is 40.2 Å². The van der Waals surface area contributed by atoms with Gasteiger partial charge in [0.1, 0.15) is 0 Å². The van der Waals surface area contributed by atoms with Gasteiger partial charge >= 0.3 is 5.97 Å². The molecule has 0 bridgehead atoms. The Morgan fingerprint density at radius 1 is 1.53 bits per heavy atom. The molecule has 0 atom stereocenters. The number of pyridine rings is 1. The van der Waals surface area contributed by atoms with Gasteiger partial charge in [0.25, 0.3) is 5.56 Å². The van der Waals surface area contributed by atoms with Crippen molar-refractivity contribution in [3.8, 4) is 12.3 Å². The monoisotopic (exact) mass is 234 g/mol. The second kappa shape index (κ2) is 6.51. The molecule has 1 aromatic heterocycles. The molecule has 0 aliphatic heterocycles. The minimum atomic E-state index is -0.930. The highest BCUT2D eigenvalue weighted by molar-refractivity contribution is 5.69. The zero-order valence-corrected chi connectivity index (χ0v) is 9.37. The lowest BCUT2D eigenvalue weighted by atomic mass is 10.4. The number of carbonyl (C=O) groups is 1. The van der Waals surface area contributed by atoms with E-state index in [0.717, 1.165) is 0 Å². The van der Waals surface area contributed by atoms with Crippen LogP contribution >= 0.6 is 0 Å². The Balaban J connectivity index is 2.58. The van der Waals surface area contributed by atoms with Gasteiger partial charge in [-0.3, -0.25) is 14.5 Å². The van der Waals surface area contributed by atoms with Gasteiger partial charge in [0.05, 0.1) is 13.1 Å². The first-order valence-corrected chi connectivity index (χ1v) is 5.16. The van der Waals surface area contributed by atoms with Crippen molar-refractivity contribution in [2.24, 2.45) is 0 Å². The number of hydrogen-bond donors (Lipinski definition) is 1. The smallest absolute Gasteiger partial charge is 0.317 e. The number of aliphatic carboxylic acids is 1. The molecule has 0 fully saturated rings. The van der Waals surface area contributed by atoms with E-state index in [2.05, 4.69) is 5.92 Å². The van der Waals surface area contributed by atoms with E-state index in [1.807, 2.05) is 0 Å². The van der Waals surface area contributed by atoms with E-state index in [-0.39, 0.29) is 18.6 Å². The molecule has 0 unspecified atom stereocenters. The molecule has 0 amide bonds. The second-order valence-electron chi connectivity index (χ2n) is 3.54. The van der Waals surface area contributed by atoms with Gasteiger partial charge in [0.15, 0.2) is 0 Å². The predicted octanol–water partition coefficient (Wildman–Crippen LogP) is -0.132. The molecule has 17 heavy (non-hydrogen) atoms. The van der Waals surface area contributed by atoms with Crippen LogP contribution in [0.1, 0.15) is 0 Å². The van der Waals surface area contributed by atoms with Crippen molar-refractivity contribution in [2.75, 3.05) is 19.6 Å². The molecule has 1 heterocycles. The number of hydrogen-bond acceptors (Lipinski definition) is 3. The van der Waals surface area contributed by atoms with Crippen LogP contribution in [-0.2, 0) is 11.3 Å². The minimum Gasteiger partial charge on any atom is -0.480 e. The van der Waals surface area contributed by atoms with E-state index in [1.54, 1.807) is 23.2 Å². The normalized spacial score (nSPS) is 10.1. The summed E-state index contributed by atoms with van der Waals surface area (Å²) < 4.78 is 1.52. The Kier molecular flexibility index (Phi) is 4.98. The second-order valence-corrected chi connectivity index (χ2v) is 3.54. The van der Waals surface area contributed by atoms with Crippen LogP contribution in [0, 0.1) is 12.3 Å². The van der Waals surface area contributed by atoms with Gasteiger partial charge in [0.2, 0.25) is 0 Å². The summed E-state index contributed by atoms with van der Waals surface area (Å²) in [6.07, 6.45) is 6.81. The molecule has 1 aromatic rings. The highest BCUT2D eigenvalue weighted by atomic mass is 16.4. The van der Waals surface area contributed by atoms with Crippen LogP contribution in [0.2, 0.25) is 0 Å². The Bertz CT molecular complexity index is 473. The van der Waals surface area contributed by atoms with Gasteiger partial charge in [0, 0.05) is 25.4 Å². The maximum absolute atomic E-state index is 11.4. The van der Waals surface area contributed by atoms with Gasteiger partial charge in [-0.1, -0.05) is 12.0 Å². The summed E-state index contributed by atoms with van der Waals surface area (Å²) in [6, 6.07) is 4.88. The van der Waals surface area contributed by atoms with Crippen molar-refractivity contribution in [1.82, 2.24) is 9.47 Å². The average molecular weight is 234 g/mol. The first-order chi connectivity index (χ1) is 8.13. The summed E-state index contributed by atoms with van der Waals surface area (Å²) in [5.74, 6) is 1.47. The van der Waals surface area contributed by atoms with Crippen LogP contribution in [0.25, 0.3) is 0 Å².